The molecule has 156 valence electrons. The summed E-state index contributed by atoms with van der Waals surface area (Å²) in [5, 5.41) is 23.3. The van der Waals surface area contributed by atoms with Gasteiger partial charge in [-0.05, 0) is 48.9 Å². The van der Waals surface area contributed by atoms with Gasteiger partial charge in [-0.15, -0.1) is 0 Å². The van der Waals surface area contributed by atoms with Crippen molar-refractivity contribution in [1.82, 2.24) is 0 Å². The third kappa shape index (κ3) is 4.91. The summed E-state index contributed by atoms with van der Waals surface area (Å²) in [5.41, 5.74) is 1.43. The fourth-order valence-corrected chi connectivity index (χ4v) is 3.04. The number of anilines is 1. The lowest BCUT2D eigenvalue weighted by Crippen LogP contribution is -2.14. The highest BCUT2D eigenvalue weighted by Crippen LogP contribution is 2.30. The average Bonchev–Trinajstić information content (AvgIpc) is 3.20. The van der Waals surface area contributed by atoms with E-state index in [4.69, 9.17) is 20.8 Å². The highest BCUT2D eigenvalue weighted by molar-refractivity contribution is 6.31. The maximum Gasteiger partial charge on any atom is 0.269 e. The Bertz CT molecular complexity index is 1240. The number of hydrogen-bond donors (Lipinski definition) is 1. The summed E-state index contributed by atoms with van der Waals surface area (Å²) in [5.74, 6) is 0.460. The summed E-state index contributed by atoms with van der Waals surface area (Å²) in [6.45, 7) is 1.73. The minimum absolute atomic E-state index is 0.0205. The van der Waals surface area contributed by atoms with E-state index < -0.39 is 10.8 Å². The van der Waals surface area contributed by atoms with E-state index in [0.29, 0.717) is 33.3 Å². The van der Waals surface area contributed by atoms with Crippen molar-refractivity contribution in [2.24, 2.45) is 0 Å². The molecule has 1 heterocycles. The first-order valence-electron chi connectivity index (χ1n) is 8.94. The molecule has 0 aliphatic carbocycles. The Morgan fingerprint density at radius 2 is 2.03 bits per heavy atom. The summed E-state index contributed by atoms with van der Waals surface area (Å²) in [7, 11) is 1.45. The van der Waals surface area contributed by atoms with Crippen LogP contribution in [0.2, 0.25) is 5.02 Å². The zero-order valence-corrected chi connectivity index (χ0v) is 17.3. The molecule has 9 heteroatoms. The largest absolute Gasteiger partial charge is 0.495 e. The Hall–Kier alpha value is -4.09. The van der Waals surface area contributed by atoms with Gasteiger partial charge in [0.15, 0.2) is 0 Å². The van der Waals surface area contributed by atoms with Crippen molar-refractivity contribution in [3.8, 4) is 23.1 Å². The molecule has 0 unspecified atom stereocenters. The number of furan rings is 1. The lowest BCUT2D eigenvalue weighted by atomic mass is 10.1. The van der Waals surface area contributed by atoms with Gasteiger partial charge in [0.1, 0.15) is 28.9 Å². The number of aryl methyl sites for hydroxylation is 1. The minimum Gasteiger partial charge on any atom is -0.495 e. The zero-order chi connectivity index (χ0) is 22.5. The topological polar surface area (TPSA) is 118 Å². The number of nitriles is 1. The first-order valence-corrected chi connectivity index (χ1v) is 9.32. The van der Waals surface area contributed by atoms with Gasteiger partial charge in [-0.1, -0.05) is 11.6 Å². The number of methoxy groups -OCH3 is 1. The molecule has 8 nitrogen and oxygen atoms in total. The van der Waals surface area contributed by atoms with Crippen molar-refractivity contribution in [1.29, 1.82) is 5.26 Å². The standard InChI is InChI=1S/C22H16ClN3O5/c1-13-9-16(26(28)29)4-6-18(13)20-8-5-17(31-20)10-14(12-24)22(27)25-19-11-15(23)3-7-21(19)30-2/h3-11H,1-2H3,(H,25,27)/b14-10+. The fraction of sp³-hybridized carbons (Fsp3) is 0.0909. The third-order valence-corrected chi connectivity index (χ3v) is 4.61. The van der Waals surface area contributed by atoms with Crippen molar-refractivity contribution in [2.45, 2.75) is 6.92 Å². The second-order valence-electron chi connectivity index (χ2n) is 6.43. The lowest BCUT2D eigenvalue weighted by molar-refractivity contribution is -0.384. The Kier molecular flexibility index (Phi) is 6.38. The van der Waals surface area contributed by atoms with E-state index in [-0.39, 0.29) is 17.0 Å². The number of benzene rings is 2. The quantitative estimate of drug-likeness (QED) is 0.239. The molecule has 2 aromatic carbocycles. The number of amides is 1. The van der Waals surface area contributed by atoms with Gasteiger partial charge in [0.05, 0.1) is 17.7 Å². The first-order chi connectivity index (χ1) is 14.8. The molecule has 3 rings (SSSR count). The predicted octanol–water partition coefficient (Wildman–Crippen LogP) is 5.37. The van der Waals surface area contributed by atoms with E-state index in [0.717, 1.165) is 0 Å². The first kappa shape index (κ1) is 21.6. The minimum atomic E-state index is -0.660. The molecule has 0 spiro atoms. The summed E-state index contributed by atoms with van der Waals surface area (Å²) in [6.07, 6.45) is 1.30. The van der Waals surface area contributed by atoms with E-state index in [1.165, 1.54) is 31.4 Å². The van der Waals surface area contributed by atoms with E-state index >= 15 is 0 Å². The number of carbonyl (C=O) groups is 1. The molecular weight excluding hydrogens is 422 g/mol. The number of rotatable bonds is 6. The van der Waals surface area contributed by atoms with Gasteiger partial charge < -0.3 is 14.5 Å². The van der Waals surface area contributed by atoms with Crippen LogP contribution in [0, 0.1) is 28.4 Å². The van der Waals surface area contributed by atoms with Gasteiger partial charge in [0.25, 0.3) is 11.6 Å². The average molecular weight is 438 g/mol. The maximum absolute atomic E-state index is 12.6. The molecular formula is C22H16ClN3O5. The summed E-state index contributed by atoms with van der Waals surface area (Å²) < 4.78 is 10.9. The number of ether oxygens (including phenoxy) is 1. The van der Waals surface area contributed by atoms with Crippen LogP contribution in [0.4, 0.5) is 11.4 Å². The highest BCUT2D eigenvalue weighted by Gasteiger charge is 2.15. The van der Waals surface area contributed by atoms with Gasteiger partial charge >= 0.3 is 0 Å². The number of halogens is 1. The molecule has 0 saturated heterocycles. The number of nitrogens with zero attached hydrogens (tertiary/aromatic N) is 2. The van der Waals surface area contributed by atoms with Crippen LogP contribution in [-0.2, 0) is 4.79 Å². The maximum atomic E-state index is 12.6. The van der Waals surface area contributed by atoms with Gasteiger partial charge in [0.2, 0.25) is 0 Å². The second kappa shape index (κ2) is 9.15. The second-order valence-corrected chi connectivity index (χ2v) is 6.86. The van der Waals surface area contributed by atoms with E-state index in [1.807, 2.05) is 6.07 Å². The molecule has 0 fully saturated rings. The van der Waals surface area contributed by atoms with Crippen LogP contribution in [0.3, 0.4) is 0 Å². The van der Waals surface area contributed by atoms with E-state index in [1.54, 1.807) is 37.3 Å². The van der Waals surface area contributed by atoms with Gasteiger partial charge in [-0.25, -0.2) is 0 Å². The van der Waals surface area contributed by atoms with Crippen molar-refractivity contribution >= 4 is 35.0 Å². The summed E-state index contributed by atoms with van der Waals surface area (Å²) in [6, 6.07) is 14.2. The third-order valence-electron chi connectivity index (χ3n) is 4.37. The van der Waals surface area contributed by atoms with E-state index in [2.05, 4.69) is 5.32 Å². The molecule has 31 heavy (non-hydrogen) atoms. The van der Waals surface area contributed by atoms with Crippen LogP contribution in [-0.4, -0.2) is 17.9 Å². The molecule has 0 atom stereocenters. The number of carbonyl (C=O) groups excluding carboxylic acids is 1. The van der Waals surface area contributed by atoms with Crippen molar-refractivity contribution in [2.75, 3.05) is 12.4 Å². The molecule has 1 aromatic heterocycles. The lowest BCUT2D eigenvalue weighted by Gasteiger charge is -2.09. The number of nitro groups is 1. The molecule has 1 N–H and O–H groups in total. The molecule has 0 radical (unpaired) electrons. The van der Waals surface area contributed by atoms with Crippen molar-refractivity contribution in [3.05, 3.63) is 80.6 Å². The Balaban J connectivity index is 1.85. The highest BCUT2D eigenvalue weighted by atomic mass is 35.5. The van der Waals surface area contributed by atoms with Gasteiger partial charge in [-0.2, -0.15) is 5.26 Å². The normalized spacial score (nSPS) is 11.0. The van der Waals surface area contributed by atoms with Crippen LogP contribution in [0.5, 0.6) is 5.75 Å². The van der Waals surface area contributed by atoms with Crippen LogP contribution >= 0.6 is 11.6 Å². The Morgan fingerprint density at radius 3 is 2.68 bits per heavy atom. The Labute approximate surface area is 182 Å². The zero-order valence-electron chi connectivity index (χ0n) is 16.5. The van der Waals surface area contributed by atoms with Crippen molar-refractivity contribution in [3.63, 3.8) is 0 Å². The number of hydrogen-bond acceptors (Lipinski definition) is 6. The summed E-state index contributed by atoms with van der Waals surface area (Å²) >= 11 is 5.96. The molecule has 0 saturated carbocycles. The summed E-state index contributed by atoms with van der Waals surface area (Å²) in [4.78, 5) is 23.0. The van der Waals surface area contributed by atoms with Crippen LogP contribution in [0.1, 0.15) is 11.3 Å². The van der Waals surface area contributed by atoms with Crippen molar-refractivity contribution < 1.29 is 18.9 Å². The number of non-ortho nitro benzene ring substituents is 1. The Morgan fingerprint density at radius 1 is 1.26 bits per heavy atom. The van der Waals surface area contributed by atoms with Gasteiger partial charge in [-0.3, -0.25) is 14.9 Å². The van der Waals surface area contributed by atoms with Crippen LogP contribution in [0.15, 0.2) is 58.5 Å². The molecule has 3 aromatic rings. The van der Waals surface area contributed by atoms with E-state index in [9.17, 15) is 20.2 Å². The molecule has 0 aliphatic rings. The smallest absolute Gasteiger partial charge is 0.269 e. The predicted molar refractivity (Wildman–Crippen MR) is 116 cm³/mol. The monoisotopic (exact) mass is 437 g/mol. The number of nitro benzene ring substituents is 1. The van der Waals surface area contributed by atoms with Crippen LogP contribution < -0.4 is 10.1 Å². The molecule has 0 aliphatic heterocycles. The van der Waals surface area contributed by atoms with Gasteiger partial charge in [0, 0.05) is 28.8 Å². The number of nitrogens with one attached hydrogen (secondary N) is 1. The molecule has 1 amide bonds. The SMILES string of the molecule is COc1ccc(Cl)cc1NC(=O)/C(C#N)=C/c1ccc(-c2ccc([N+](=O)[O-])cc2C)o1. The van der Waals surface area contributed by atoms with Crippen LogP contribution in [0.25, 0.3) is 17.4 Å². The fourth-order valence-electron chi connectivity index (χ4n) is 2.87. The molecule has 0 bridgehead atoms.